The highest BCUT2D eigenvalue weighted by atomic mass is 35.5. The number of ether oxygens (including phenoxy) is 1. The molecule has 0 aromatic heterocycles. The summed E-state index contributed by atoms with van der Waals surface area (Å²) < 4.78 is 5.33. The second kappa shape index (κ2) is 4.62. The Balaban J connectivity index is 2.04. The fourth-order valence-corrected chi connectivity index (χ4v) is 3.06. The summed E-state index contributed by atoms with van der Waals surface area (Å²) in [7, 11) is 0. The molecule has 106 valence electrons. The molecule has 1 aromatic rings. The van der Waals surface area contributed by atoms with Crippen LogP contribution >= 0.6 is 23.2 Å². The lowest BCUT2D eigenvalue weighted by atomic mass is 9.82. The monoisotopic (exact) mass is 314 g/mol. The van der Waals surface area contributed by atoms with E-state index in [-0.39, 0.29) is 18.6 Å². The molecule has 2 heterocycles. The highest BCUT2D eigenvalue weighted by Crippen LogP contribution is 2.37. The topological polar surface area (TPSA) is 58.6 Å². The third-order valence-electron chi connectivity index (χ3n) is 3.75. The number of carbonyl (C=O) groups is 2. The molecule has 3 amide bonds. The van der Waals surface area contributed by atoms with E-state index in [2.05, 4.69) is 5.32 Å². The van der Waals surface area contributed by atoms with E-state index in [4.69, 9.17) is 27.9 Å². The molecular weight excluding hydrogens is 303 g/mol. The van der Waals surface area contributed by atoms with Crippen LogP contribution in [-0.4, -0.2) is 31.2 Å². The van der Waals surface area contributed by atoms with Gasteiger partial charge in [0, 0.05) is 10.0 Å². The first-order valence-electron chi connectivity index (χ1n) is 6.11. The minimum absolute atomic E-state index is 0.279. The van der Waals surface area contributed by atoms with Gasteiger partial charge in [-0.15, -0.1) is 0 Å². The second-order valence-corrected chi connectivity index (χ2v) is 6.08. The molecule has 2 atom stereocenters. The molecule has 0 radical (unpaired) electrons. The molecule has 2 saturated heterocycles. The van der Waals surface area contributed by atoms with Gasteiger partial charge < -0.3 is 10.1 Å². The molecule has 2 aliphatic rings. The first kappa shape index (κ1) is 13.7. The zero-order chi connectivity index (χ0) is 14.5. The van der Waals surface area contributed by atoms with Crippen molar-refractivity contribution in [3.05, 3.63) is 28.2 Å². The zero-order valence-electron chi connectivity index (χ0n) is 10.7. The number of rotatable bonds is 1. The number of halogens is 2. The van der Waals surface area contributed by atoms with Crippen LogP contribution in [0, 0.1) is 5.41 Å². The van der Waals surface area contributed by atoms with E-state index in [0.717, 1.165) is 4.90 Å². The standard InChI is InChI=1S/C13H12Cl2N2O3/c1-13-6-20-5-10(13)16-12(19)17(11(13)18)9-3-7(14)2-8(15)4-9/h2-4,10H,5-6H2,1H3,(H,16,19). The second-order valence-electron chi connectivity index (χ2n) is 5.20. The summed E-state index contributed by atoms with van der Waals surface area (Å²) in [5.41, 5.74) is -0.403. The van der Waals surface area contributed by atoms with Crippen LogP contribution in [-0.2, 0) is 9.53 Å². The number of hydrogen-bond acceptors (Lipinski definition) is 3. The maximum atomic E-state index is 12.7. The number of hydrogen-bond donors (Lipinski definition) is 1. The van der Waals surface area contributed by atoms with E-state index in [0.29, 0.717) is 22.3 Å². The van der Waals surface area contributed by atoms with E-state index in [1.807, 2.05) is 0 Å². The molecule has 3 rings (SSSR count). The Labute approximate surface area is 125 Å². The van der Waals surface area contributed by atoms with Crippen LogP contribution < -0.4 is 10.2 Å². The number of nitrogens with one attached hydrogen (secondary N) is 1. The summed E-state index contributed by atoms with van der Waals surface area (Å²) in [4.78, 5) is 25.9. The maximum absolute atomic E-state index is 12.7. The summed E-state index contributed by atoms with van der Waals surface area (Å²) in [5, 5.41) is 3.52. The number of carbonyl (C=O) groups excluding carboxylic acids is 2. The molecule has 0 spiro atoms. The van der Waals surface area contributed by atoms with Crippen molar-refractivity contribution in [3.8, 4) is 0 Å². The summed E-state index contributed by atoms with van der Waals surface area (Å²) in [6.07, 6.45) is 0. The Morgan fingerprint density at radius 3 is 2.60 bits per heavy atom. The van der Waals surface area contributed by atoms with E-state index >= 15 is 0 Å². The van der Waals surface area contributed by atoms with Crippen LogP contribution in [0.4, 0.5) is 10.5 Å². The molecule has 0 saturated carbocycles. The smallest absolute Gasteiger partial charge is 0.329 e. The van der Waals surface area contributed by atoms with Crippen molar-refractivity contribution in [1.82, 2.24) is 5.32 Å². The van der Waals surface area contributed by atoms with Gasteiger partial charge in [-0.2, -0.15) is 0 Å². The van der Waals surface area contributed by atoms with Gasteiger partial charge in [0.1, 0.15) is 0 Å². The van der Waals surface area contributed by atoms with Crippen molar-refractivity contribution in [3.63, 3.8) is 0 Å². The Morgan fingerprint density at radius 1 is 1.30 bits per heavy atom. The Hall–Kier alpha value is -1.30. The predicted octanol–water partition coefficient (Wildman–Crippen LogP) is 2.45. The summed E-state index contributed by atoms with van der Waals surface area (Å²) in [6.45, 7) is 2.41. The average Bonchev–Trinajstić information content (AvgIpc) is 2.71. The molecule has 20 heavy (non-hydrogen) atoms. The molecule has 2 fully saturated rings. The van der Waals surface area contributed by atoms with Crippen molar-refractivity contribution in [2.24, 2.45) is 5.41 Å². The molecule has 5 nitrogen and oxygen atoms in total. The number of nitrogens with zero attached hydrogens (tertiary/aromatic N) is 1. The van der Waals surface area contributed by atoms with Gasteiger partial charge in [-0.25, -0.2) is 9.69 Å². The van der Waals surface area contributed by atoms with Crippen LogP contribution in [0.1, 0.15) is 6.92 Å². The summed E-state index contributed by atoms with van der Waals surface area (Å²) in [6, 6.07) is 3.83. The van der Waals surface area contributed by atoms with E-state index in [9.17, 15) is 9.59 Å². The van der Waals surface area contributed by atoms with Gasteiger partial charge in [-0.1, -0.05) is 23.2 Å². The molecule has 2 unspecified atom stereocenters. The van der Waals surface area contributed by atoms with Crippen LogP contribution in [0.25, 0.3) is 0 Å². The first-order chi connectivity index (χ1) is 9.41. The van der Waals surface area contributed by atoms with Crippen molar-refractivity contribution < 1.29 is 14.3 Å². The number of benzene rings is 1. The molecule has 1 N–H and O–H groups in total. The van der Waals surface area contributed by atoms with Gasteiger partial charge in [0.25, 0.3) is 0 Å². The number of imide groups is 1. The lowest BCUT2D eigenvalue weighted by Gasteiger charge is -2.39. The van der Waals surface area contributed by atoms with Crippen LogP contribution in [0.3, 0.4) is 0 Å². The number of amides is 3. The summed E-state index contributed by atoms with van der Waals surface area (Å²) in [5.74, 6) is -0.304. The maximum Gasteiger partial charge on any atom is 0.329 e. The number of urea groups is 1. The normalized spacial score (nSPS) is 29.4. The van der Waals surface area contributed by atoms with Crippen molar-refractivity contribution >= 4 is 40.8 Å². The first-order valence-corrected chi connectivity index (χ1v) is 6.86. The Bertz CT molecular complexity index is 587. The number of anilines is 1. The quantitative estimate of drug-likeness (QED) is 0.866. The molecule has 2 aliphatic heterocycles. The van der Waals surface area contributed by atoms with Gasteiger partial charge in [0.15, 0.2) is 0 Å². The fraction of sp³-hybridized carbons (Fsp3) is 0.385. The lowest BCUT2D eigenvalue weighted by Crippen LogP contribution is -2.65. The zero-order valence-corrected chi connectivity index (χ0v) is 12.2. The average molecular weight is 315 g/mol. The van der Waals surface area contributed by atoms with Crippen LogP contribution in [0.2, 0.25) is 10.0 Å². The molecular formula is C13H12Cl2N2O3. The van der Waals surface area contributed by atoms with Gasteiger partial charge >= 0.3 is 6.03 Å². The van der Waals surface area contributed by atoms with Gasteiger partial charge in [-0.3, -0.25) is 4.79 Å². The Morgan fingerprint density at radius 2 is 1.95 bits per heavy atom. The number of fused-ring (bicyclic) bond motifs is 1. The predicted molar refractivity (Wildman–Crippen MR) is 75.2 cm³/mol. The molecule has 0 aliphatic carbocycles. The largest absolute Gasteiger partial charge is 0.378 e. The minimum atomic E-state index is -0.761. The van der Waals surface area contributed by atoms with E-state index < -0.39 is 11.4 Å². The van der Waals surface area contributed by atoms with E-state index in [1.165, 1.54) is 12.1 Å². The molecule has 7 heteroatoms. The molecule has 1 aromatic carbocycles. The van der Waals surface area contributed by atoms with Crippen LogP contribution in [0.15, 0.2) is 18.2 Å². The summed E-state index contributed by atoms with van der Waals surface area (Å²) >= 11 is 11.9. The van der Waals surface area contributed by atoms with Crippen LogP contribution in [0.5, 0.6) is 0 Å². The fourth-order valence-electron chi connectivity index (χ4n) is 2.55. The molecule has 0 bridgehead atoms. The minimum Gasteiger partial charge on any atom is -0.378 e. The van der Waals surface area contributed by atoms with Crippen molar-refractivity contribution in [2.45, 2.75) is 13.0 Å². The van der Waals surface area contributed by atoms with Gasteiger partial charge in [-0.05, 0) is 25.1 Å². The third-order valence-corrected chi connectivity index (χ3v) is 4.19. The highest BCUT2D eigenvalue weighted by Gasteiger charge is 2.54. The van der Waals surface area contributed by atoms with Crippen molar-refractivity contribution in [1.29, 1.82) is 0 Å². The van der Waals surface area contributed by atoms with Gasteiger partial charge in [0.05, 0.1) is 30.4 Å². The van der Waals surface area contributed by atoms with E-state index in [1.54, 1.807) is 13.0 Å². The lowest BCUT2D eigenvalue weighted by molar-refractivity contribution is -0.128. The highest BCUT2D eigenvalue weighted by molar-refractivity contribution is 6.35. The third kappa shape index (κ3) is 1.97. The Kier molecular flexibility index (Phi) is 3.16. The van der Waals surface area contributed by atoms with Gasteiger partial charge in [0.2, 0.25) is 5.91 Å². The van der Waals surface area contributed by atoms with Crippen molar-refractivity contribution in [2.75, 3.05) is 18.1 Å². The SMILES string of the molecule is CC12COCC1NC(=O)N(c1cc(Cl)cc(Cl)c1)C2=O.